The molecule has 1 heterocycles. The summed E-state index contributed by atoms with van der Waals surface area (Å²) in [5.74, 6) is 0.897. The third kappa shape index (κ3) is 2.14. The number of ether oxygens (including phenoxy) is 1. The van der Waals surface area contributed by atoms with Gasteiger partial charge in [0.1, 0.15) is 17.9 Å². The Morgan fingerprint density at radius 2 is 2.38 bits per heavy atom. The zero-order valence-corrected chi connectivity index (χ0v) is 9.77. The lowest BCUT2D eigenvalue weighted by molar-refractivity contribution is -0.131. The predicted molar refractivity (Wildman–Crippen MR) is 57.9 cm³/mol. The predicted octanol–water partition coefficient (Wildman–Crippen LogP) is 0.886. The van der Waals surface area contributed by atoms with Crippen LogP contribution in [0.5, 0.6) is 0 Å². The minimum absolute atomic E-state index is 0.178. The molecular weight excluding hydrogens is 206 g/mol. The van der Waals surface area contributed by atoms with Crippen molar-refractivity contribution in [2.24, 2.45) is 7.05 Å². The van der Waals surface area contributed by atoms with Gasteiger partial charge in [0.25, 0.3) is 0 Å². The van der Waals surface area contributed by atoms with Gasteiger partial charge in [0.05, 0.1) is 12.0 Å². The molecule has 0 aliphatic heterocycles. The molecule has 5 nitrogen and oxygen atoms in total. The SMILES string of the molecule is COC1(CC(=O)Cc2ncnn2C)CCC1. The van der Waals surface area contributed by atoms with E-state index in [1.807, 2.05) is 0 Å². The van der Waals surface area contributed by atoms with Gasteiger partial charge in [-0.1, -0.05) is 0 Å². The Labute approximate surface area is 94.8 Å². The van der Waals surface area contributed by atoms with Crippen LogP contribution in [0.15, 0.2) is 6.33 Å². The molecule has 0 N–H and O–H groups in total. The van der Waals surface area contributed by atoms with E-state index in [1.165, 1.54) is 6.33 Å². The molecule has 1 aromatic rings. The standard InChI is InChI=1S/C11H17N3O2/c1-14-10(12-8-13-14)6-9(15)7-11(16-2)4-3-5-11/h8H,3-7H2,1-2H3. The Balaban J connectivity index is 1.92. The molecule has 1 saturated carbocycles. The van der Waals surface area contributed by atoms with Crippen molar-refractivity contribution < 1.29 is 9.53 Å². The number of hydrogen-bond donors (Lipinski definition) is 0. The summed E-state index contributed by atoms with van der Waals surface area (Å²) in [5.41, 5.74) is -0.185. The summed E-state index contributed by atoms with van der Waals surface area (Å²) in [5, 5.41) is 3.94. The summed E-state index contributed by atoms with van der Waals surface area (Å²) in [4.78, 5) is 15.9. The van der Waals surface area contributed by atoms with Gasteiger partial charge in [-0.2, -0.15) is 5.10 Å². The number of carbonyl (C=O) groups excluding carboxylic acids is 1. The Bertz CT molecular complexity index is 377. The normalized spacial score (nSPS) is 18.1. The topological polar surface area (TPSA) is 57.0 Å². The maximum Gasteiger partial charge on any atom is 0.143 e. The zero-order valence-electron chi connectivity index (χ0n) is 9.77. The van der Waals surface area contributed by atoms with Crippen LogP contribution < -0.4 is 0 Å². The number of nitrogens with zero attached hydrogens (tertiary/aromatic N) is 3. The van der Waals surface area contributed by atoms with Crippen molar-refractivity contribution in [2.45, 2.75) is 37.7 Å². The minimum Gasteiger partial charge on any atom is -0.378 e. The fourth-order valence-electron chi connectivity index (χ4n) is 2.10. The lowest BCUT2D eigenvalue weighted by Crippen LogP contribution is -2.41. The van der Waals surface area contributed by atoms with Crippen LogP contribution in [0.1, 0.15) is 31.5 Å². The van der Waals surface area contributed by atoms with Crippen molar-refractivity contribution in [2.75, 3.05) is 7.11 Å². The molecule has 88 valence electrons. The van der Waals surface area contributed by atoms with Crippen LogP contribution in [0, 0.1) is 0 Å². The number of ketones is 1. The molecule has 0 atom stereocenters. The van der Waals surface area contributed by atoms with E-state index < -0.39 is 0 Å². The zero-order chi connectivity index (χ0) is 11.6. The van der Waals surface area contributed by atoms with Crippen molar-refractivity contribution in [1.29, 1.82) is 0 Å². The van der Waals surface area contributed by atoms with Gasteiger partial charge in [-0.05, 0) is 19.3 Å². The molecule has 0 spiro atoms. The summed E-state index contributed by atoms with van der Waals surface area (Å²) < 4.78 is 7.07. The van der Waals surface area contributed by atoms with Crippen molar-refractivity contribution in [3.05, 3.63) is 12.2 Å². The smallest absolute Gasteiger partial charge is 0.143 e. The molecule has 0 saturated heterocycles. The number of methoxy groups -OCH3 is 1. The molecule has 0 bridgehead atoms. The van der Waals surface area contributed by atoms with E-state index in [9.17, 15) is 4.79 Å². The van der Waals surface area contributed by atoms with Crippen molar-refractivity contribution >= 4 is 5.78 Å². The van der Waals surface area contributed by atoms with Gasteiger partial charge in [0.2, 0.25) is 0 Å². The summed E-state index contributed by atoms with van der Waals surface area (Å²) >= 11 is 0. The van der Waals surface area contributed by atoms with Crippen LogP contribution in [0.2, 0.25) is 0 Å². The summed E-state index contributed by atoms with van der Waals surface area (Å²) in [6, 6.07) is 0. The van der Waals surface area contributed by atoms with Gasteiger partial charge in [-0.15, -0.1) is 0 Å². The molecule has 1 aromatic heterocycles. The average Bonchev–Trinajstić information content (AvgIpc) is 2.58. The second-order valence-electron chi connectivity index (χ2n) is 4.43. The molecular formula is C11H17N3O2. The quantitative estimate of drug-likeness (QED) is 0.743. The molecule has 16 heavy (non-hydrogen) atoms. The van der Waals surface area contributed by atoms with E-state index in [2.05, 4.69) is 10.1 Å². The van der Waals surface area contributed by atoms with E-state index in [-0.39, 0.29) is 11.4 Å². The molecule has 1 aliphatic rings. The lowest BCUT2D eigenvalue weighted by atomic mass is 9.76. The van der Waals surface area contributed by atoms with Crippen molar-refractivity contribution in [3.8, 4) is 0 Å². The van der Waals surface area contributed by atoms with E-state index in [1.54, 1.807) is 18.8 Å². The third-order valence-corrected chi connectivity index (χ3v) is 3.38. The number of aromatic nitrogens is 3. The number of rotatable bonds is 5. The highest BCUT2D eigenvalue weighted by molar-refractivity contribution is 5.81. The first kappa shape index (κ1) is 11.3. The summed E-state index contributed by atoms with van der Waals surface area (Å²) in [6.07, 6.45) is 5.46. The highest BCUT2D eigenvalue weighted by atomic mass is 16.5. The first-order valence-corrected chi connectivity index (χ1v) is 5.55. The maximum absolute atomic E-state index is 11.9. The summed E-state index contributed by atoms with van der Waals surface area (Å²) in [7, 11) is 3.49. The first-order valence-electron chi connectivity index (χ1n) is 5.55. The molecule has 2 rings (SSSR count). The van der Waals surface area contributed by atoms with Gasteiger partial charge >= 0.3 is 0 Å². The molecule has 1 aliphatic carbocycles. The van der Waals surface area contributed by atoms with Crippen LogP contribution >= 0.6 is 0 Å². The first-order chi connectivity index (χ1) is 7.65. The largest absolute Gasteiger partial charge is 0.378 e. The number of hydrogen-bond acceptors (Lipinski definition) is 4. The second kappa shape index (κ2) is 4.33. The van der Waals surface area contributed by atoms with Crippen molar-refractivity contribution in [3.63, 3.8) is 0 Å². The Hall–Kier alpha value is -1.23. The summed E-state index contributed by atoms with van der Waals surface area (Å²) in [6.45, 7) is 0. The van der Waals surface area contributed by atoms with Crippen LogP contribution in [-0.4, -0.2) is 33.3 Å². The number of Topliss-reactive ketones (excluding diaryl/α,β-unsaturated/α-hetero) is 1. The Kier molecular flexibility index (Phi) is 3.05. The molecule has 0 amide bonds. The van der Waals surface area contributed by atoms with Crippen LogP contribution in [-0.2, 0) is 23.0 Å². The molecule has 5 heteroatoms. The molecule has 0 unspecified atom stereocenters. The van der Waals surface area contributed by atoms with E-state index in [0.717, 1.165) is 25.1 Å². The van der Waals surface area contributed by atoms with Crippen LogP contribution in [0.3, 0.4) is 0 Å². The highest BCUT2D eigenvalue weighted by Gasteiger charge is 2.38. The fourth-order valence-corrected chi connectivity index (χ4v) is 2.10. The average molecular weight is 223 g/mol. The van der Waals surface area contributed by atoms with Gasteiger partial charge in [0.15, 0.2) is 0 Å². The van der Waals surface area contributed by atoms with E-state index >= 15 is 0 Å². The lowest BCUT2D eigenvalue weighted by Gasteiger charge is -2.40. The monoisotopic (exact) mass is 223 g/mol. The fraction of sp³-hybridized carbons (Fsp3) is 0.727. The molecule has 0 radical (unpaired) electrons. The minimum atomic E-state index is -0.185. The maximum atomic E-state index is 11.9. The van der Waals surface area contributed by atoms with Crippen molar-refractivity contribution in [1.82, 2.24) is 14.8 Å². The Morgan fingerprint density at radius 1 is 1.62 bits per heavy atom. The number of aryl methyl sites for hydroxylation is 1. The van der Waals surface area contributed by atoms with E-state index in [0.29, 0.717) is 12.8 Å². The van der Waals surface area contributed by atoms with Gasteiger partial charge in [0, 0.05) is 20.6 Å². The van der Waals surface area contributed by atoms with Crippen LogP contribution in [0.25, 0.3) is 0 Å². The van der Waals surface area contributed by atoms with Crippen LogP contribution in [0.4, 0.5) is 0 Å². The second-order valence-corrected chi connectivity index (χ2v) is 4.43. The van der Waals surface area contributed by atoms with E-state index in [4.69, 9.17) is 4.74 Å². The molecule has 0 aromatic carbocycles. The molecule has 1 fully saturated rings. The van der Waals surface area contributed by atoms with Gasteiger partial charge in [-0.3, -0.25) is 9.48 Å². The Morgan fingerprint density at radius 3 is 2.81 bits per heavy atom. The number of carbonyl (C=O) groups is 1. The van der Waals surface area contributed by atoms with Gasteiger partial charge in [-0.25, -0.2) is 4.98 Å². The highest BCUT2D eigenvalue weighted by Crippen LogP contribution is 2.38. The third-order valence-electron chi connectivity index (χ3n) is 3.38. The van der Waals surface area contributed by atoms with Gasteiger partial charge < -0.3 is 4.74 Å².